The van der Waals surface area contributed by atoms with Crippen LogP contribution in [0.25, 0.3) is 0 Å². The topological polar surface area (TPSA) is 63.6 Å². The minimum Gasteiger partial charge on any atom is -0.397 e. The molecular weight excluding hydrogens is 264 g/mol. The fourth-order valence-electron chi connectivity index (χ4n) is 1.32. The van der Waals surface area contributed by atoms with Crippen molar-refractivity contribution in [3.63, 3.8) is 0 Å². The van der Waals surface area contributed by atoms with Gasteiger partial charge in [0.2, 0.25) is 0 Å². The zero-order chi connectivity index (χ0) is 14.7. The zero-order valence-electron chi connectivity index (χ0n) is 11.5. The van der Waals surface area contributed by atoms with Crippen molar-refractivity contribution in [1.29, 1.82) is 0 Å². The molecule has 0 unspecified atom stereocenters. The van der Waals surface area contributed by atoms with Gasteiger partial charge in [-0.15, -0.1) is 6.58 Å². The molecule has 0 atom stereocenters. The number of rotatable bonds is 6. The number of aliphatic hydroxyl groups excluding tert-OH is 1. The van der Waals surface area contributed by atoms with Crippen molar-refractivity contribution >= 4 is 10.1 Å². The molecule has 0 aliphatic heterocycles. The normalized spacial score (nSPS) is 10.5. The van der Waals surface area contributed by atoms with Gasteiger partial charge in [0.1, 0.15) is 0 Å². The summed E-state index contributed by atoms with van der Waals surface area (Å²) in [5.74, 6) is 0. The summed E-state index contributed by atoms with van der Waals surface area (Å²) in [7, 11) is -3.32. The molecule has 4 nitrogen and oxygen atoms in total. The van der Waals surface area contributed by atoms with Crippen molar-refractivity contribution in [1.82, 2.24) is 0 Å². The molecule has 0 saturated carbocycles. The van der Waals surface area contributed by atoms with Crippen LogP contribution in [0.1, 0.15) is 18.1 Å². The molecule has 0 fully saturated rings. The maximum Gasteiger partial charge on any atom is 0.264 e. The van der Waals surface area contributed by atoms with E-state index in [-0.39, 0.29) is 13.2 Å². The van der Waals surface area contributed by atoms with E-state index in [0.29, 0.717) is 6.42 Å². The summed E-state index contributed by atoms with van der Waals surface area (Å²) in [5, 5.41) is 7.57. The Balaban J connectivity index is 0.000000982. The van der Waals surface area contributed by atoms with Gasteiger partial charge in [0.05, 0.1) is 12.9 Å². The first-order chi connectivity index (χ1) is 8.92. The maximum absolute atomic E-state index is 10.7. The van der Waals surface area contributed by atoms with Gasteiger partial charge in [0, 0.05) is 6.61 Å². The lowest BCUT2D eigenvalue weighted by Gasteiger charge is -2.03. The van der Waals surface area contributed by atoms with Crippen molar-refractivity contribution in [2.75, 3.05) is 19.5 Å². The first-order valence-electron chi connectivity index (χ1n) is 6.07. The van der Waals surface area contributed by atoms with Crippen LogP contribution in [0.5, 0.6) is 0 Å². The molecule has 0 aromatic heterocycles. The van der Waals surface area contributed by atoms with Crippen molar-refractivity contribution < 1.29 is 17.7 Å². The Hall–Kier alpha value is -1.17. The highest BCUT2D eigenvalue weighted by atomic mass is 32.2. The molecule has 108 valence electrons. The highest BCUT2D eigenvalue weighted by Crippen LogP contribution is 2.06. The molecule has 0 spiro atoms. The van der Waals surface area contributed by atoms with Gasteiger partial charge in [-0.25, -0.2) is 0 Å². The number of benzene rings is 1. The second kappa shape index (κ2) is 9.72. The Kier molecular flexibility index (Phi) is 9.12. The van der Waals surface area contributed by atoms with Crippen LogP contribution in [0.15, 0.2) is 36.9 Å². The quantitative estimate of drug-likeness (QED) is 0.641. The Morgan fingerprint density at radius 1 is 1.26 bits per heavy atom. The second-order valence-corrected chi connectivity index (χ2v) is 5.55. The van der Waals surface area contributed by atoms with E-state index in [2.05, 4.69) is 10.8 Å². The minimum absolute atomic E-state index is 0.194. The highest BCUT2D eigenvalue weighted by molar-refractivity contribution is 7.85. The average molecular weight is 286 g/mol. The monoisotopic (exact) mass is 286 g/mol. The fourth-order valence-corrected chi connectivity index (χ4v) is 1.71. The molecule has 0 amide bonds. The van der Waals surface area contributed by atoms with Crippen LogP contribution in [0.3, 0.4) is 0 Å². The van der Waals surface area contributed by atoms with Gasteiger partial charge < -0.3 is 5.11 Å². The van der Waals surface area contributed by atoms with Crippen LogP contribution in [-0.4, -0.2) is 33.0 Å². The minimum atomic E-state index is -3.32. The van der Waals surface area contributed by atoms with E-state index in [1.165, 1.54) is 5.56 Å². The third-order valence-electron chi connectivity index (χ3n) is 2.09. The van der Waals surface area contributed by atoms with E-state index < -0.39 is 10.1 Å². The number of hydrogen-bond acceptors (Lipinski definition) is 4. The van der Waals surface area contributed by atoms with Crippen molar-refractivity contribution in [3.05, 3.63) is 48.0 Å². The Morgan fingerprint density at radius 3 is 2.16 bits per heavy atom. The molecule has 1 aromatic rings. The van der Waals surface area contributed by atoms with Gasteiger partial charge in [-0.2, -0.15) is 8.42 Å². The van der Waals surface area contributed by atoms with Crippen molar-refractivity contribution in [3.8, 4) is 0 Å². The van der Waals surface area contributed by atoms with Gasteiger partial charge in [-0.05, 0) is 30.9 Å². The molecule has 0 heterocycles. The van der Waals surface area contributed by atoms with Gasteiger partial charge in [-0.3, -0.25) is 4.18 Å². The zero-order valence-corrected chi connectivity index (χ0v) is 12.3. The van der Waals surface area contributed by atoms with Crippen molar-refractivity contribution in [2.24, 2.45) is 0 Å². The third-order valence-corrected chi connectivity index (χ3v) is 2.69. The Morgan fingerprint density at radius 2 is 1.74 bits per heavy atom. The Bertz CT molecular complexity index is 449. The predicted octanol–water partition coefficient (Wildman–Crippen LogP) is 1.93. The van der Waals surface area contributed by atoms with Crippen LogP contribution in [0.4, 0.5) is 0 Å². The lowest BCUT2D eigenvalue weighted by molar-refractivity contribution is 0.318. The maximum atomic E-state index is 10.7. The molecule has 0 aliphatic carbocycles. The molecule has 19 heavy (non-hydrogen) atoms. The highest BCUT2D eigenvalue weighted by Gasteiger charge is 2.01. The van der Waals surface area contributed by atoms with Gasteiger partial charge >= 0.3 is 0 Å². The van der Waals surface area contributed by atoms with Gasteiger partial charge in [-0.1, -0.05) is 30.3 Å². The van der Waals surface area contributed by atoms with Crippen molar-refractivity contribution in [2.45, 2.75) is 19.8 Å². The first-order valence-corrected chi connectivity index (χ1v) is 7.88. The summed E-state index contributed by atoms with van der Waals surface area (Å²) < 4.78 is 26.1. The van der Waals surface area contributed by atoms with E-state index in [0.717, 1.165) is 18.2 Å². The molecule has 5 heteroatoms. The summed E-state index contributed by atoms with van der Waals surface area (Å²) in [6.07, 6.45) is 4.35. The molecule has 1 rings (SSSR count). The molecule has 1 aromatic carbocycles. The fraction of sp³-hybridized carbons (Fsp3) is 0.429. The molecule has 0 radical (unpaired) electrons. The van der Waals surface area contributed by atoms with Gasteiger partial charge in [0.25, 0.3) is 10.1 Å². The SMILES string of the molecule is C=CCc1ccc(CCOS(C)(=O)=O)cc1.CCO. The first kappa shape index (κ1) is 17.8. The smallest absolute Gasteiger partial charge is 0.264 e. The van der Waals surface area contributed by atoms with Crippen LogP contribution >= 0.6 is 0 Å². The molecule has 0 aliphatic rings. The van der Waals surface area contributed by atoms with E-state index in [9.17, 15) is 8.42 Å². The summed E-state index contributed by atoms with van der Waals surface area (Å²) in [4.78, 5) is 0. The lowest BCUT2D eigenvalue weighted by atomic mass is 10.1. The molecule has 1 N–H and O–H groups in total. The van der Waals surface area contributed by atoms with Crippen LogP contribution in [0.2, 0.25) is 0 Å². The standard InChI is InChI=1S/C12H16O3S.C2H6O/c1-3-4-11-5-7-12(8-6-11)9-10-15-16(2,13)14;1-2-3/h3,5-8H,1,4,9-10H2,2H3;3H,2H2,1H3. The number of hydrogen-bond donors (Lipinski definition) is 1. The summed E-state index contributed by atoms with van der Waals surface area (Å²) in [5.41, 5.74) is 2.26. The predicted molar refractivity (Wildman–Crippen MR) is 77.6 cm³/mol. The third kappa shape index (κ3) is 10.4. The van der Waals surface area contributed by atoms with E-state index in [1.54, 1.807) is 6.92 Å². The molecular formula is C14H22O4S. The van der Waals surface area contributed by atoms with Crippen LogP contribution < -0.4 is 0 Å². The van der Waals surface area contributed by atoms with Crippen LogP contribution in [-0.2, 0) is 27.1 Å². The molecule has 0 bridgehead atoms. The largest absolute Gasteiger partial charge is 0.397 e. The number of aliphatic hydroxyl groups is 1. The number of allylic oxidation sites excluding steroid dienone is 1. The lowest BCUT2D eigenvalue weighted by Crippen LogP contribution is -2.06. The summed E-state index contributed by atoms with van der Waals surface area (Å²) >= 11 is 0. The van der Waals surface area contributed by atoms with E-state index in [1.807, 2.05) is 30.3 Å². The Labute approximate surface area is 115 Å². The van der Waals surface area contributed by atoms with E-state index in [4.69, 9.17) is 5.11 Å². The second-order valence-electron chi connectivity index (χ2n) is 3.90. The molecule has 0 saturated heterocycles. The van der Waals surface area contributed by atoms with E-state index >= 15 is 0 Å². The summed E-state index contributed by atoms with van der Waals surface area (Å²) in [6.45, 7) is 5.79. The van der Waals surface area contributed by atoms with Crippen LogP contribution in [0, 0.1) is 0 Å². The summed E-state index contributed by atoms with van der Waals surface area (Å²) in [6, 6.07) is 7.98. The van der Waals surface area contributed by atoms with Gasteiger partial charge in [0.15, 0.2) is 0 Å². The average Bonchev–Trinajstić information content (AvgIpc) is 2.31.